The van der Waals surface area contributed by atoms with Crippen molar-refractivity contribution in [3.8, 4) is 16.4 Å². The number of imidazole rings is 1. The van der Waals surface area contributed by atoms with Crippen LogP contribution in [0.5, 0.6) is 0 Å². The SMILES string of the molecule is Cc1cc(C)c(/C=C2\C(=O)Nc3ccc(-c4csc(-n5ccnc5)n4)cc32)[nH]1. The predicted molar refractivity (Wildman–Crippen MR) is 111 cm³/mol. The van der Waals surface area contributed by atoms with Crippen LogP contribution in [-0.2, 0) is 4.79 Å². The second kappa shape index (κ2) is 6.31. The number of thiazole rings is 1. The molecule has 0 radical (unpaired) electrons. The zero-order valence-electron chi connectivity index (χ0n) is 15.4. The fourth-order valence-corrected chi connectivity index (χ4v) is 4.21. The number of rotatable bonds is 3. The van der Waals surface area contributed by atoms with Crippen molar-refractivity contribution < 1.29 is 4.79 Å². The number of carbonyl (C=O) groups is 1. The highest BCUT2D eigenvalue weighted by Crippen LogP contribution is 2.37. The highest BCUT2D eigenvalue weighted by Gasteiger charge is 2.25. The highest BCUT2D eigenvalue weighted by atomic mass is 32.1. The maximum absolute atomic E-state index is 12.5. The number of aryl methyl sites for hydroxylation is 2. The predicted octanol–water partition coefficient (Wildman–Crippen LogP) is 4.43. The summed E-state index contributed by atoms with van der Waals surface area (Å²) in [6, 6.07) is 8.02. The van der Waals surface area contributed by atoms with E-state index in [4.69, 9.17) is 4.98 Å². The molecule has 1 aliphatic rings. The van der Waals surface area contributed by atoms with Gasteiger partial charge in [0.1, 0.15) is 6.33 Å². The first-order valence-electron chi connectivity index (χ1n) is 8.86. The fourth-order valence-electron chi connectivity index (χ4n) is 3.42. The Morgan fingerprint density at radius 3 is 2.86 bits per heavy atom. The van der Waals surface area contributed by atoms with E-state index in [0.29, 0.717) is 5.57 Å². The number of anilines is 1. The van der Waals surface area contributed by atoms with E-state index in [1.165, 1.54) is 0 Å². The van der Waals surface area contributed by atoms with Gasteiger partial charge >= 0.3 is 0 Å². The number of amides is 1. The average molecular weight is 387 g/mol. The molecule has 7 heteroatoms. The topological polar surface area (TPSA) is 75.6 Å². The molecule has 0 aliphatic carbocycles. The second-order valence-corrected chi connectivity index (χ2v) is 7.64. The molecule has 0 saturated carbocycles. The van der Waals surface area contributed by atoms with E-state index in [0.717, 1.165) is 44.6 Å². The normalized spacial score (nSPS) is 14.5. The number of hydrogen-bond donors (Lipinski definition) is 2. The number of carbonyl (C=O) groups excluding carboxylic acids is 1. The summed E-state index contributed by atoms with van der Waals surface area (Å²) in [6.45, 7) is 4.04. The molecule has 6 nitrogen and oxygen atoms in total. The molecule has 0 bridgehead atoms. The minimum Gasteiger partial charge on any atom is -0.359 e. The molecule has 0 fully saturated rings. The van der Waals surface area contributed by atoms with Gasteiger partial charge in [0.25, 0.3) is 5.91 Å². The van der Waals surface area contributed by atoms with E-state index in [2.05, 4.69) is 21.4 Å². The smallest absolute Gasteiger partial charge is 0.256 e. The fraction of sp³-hybridized carbons (Fsp3) is 0.0952. The Morgan fingerprint density at radius 1 is 1.21 bits per heavy atom. The van der Waals surface area contributed by atoms with E-state index in [9.17, 15) is 4.79 Å². The van der Waals surface area contributed by atoms with Crippen LogP contribution in [0.3, 0.4) is 0 Å². The Hall–Kier alpha value is -3.45. The van der Waals surface area contributed by atoms with E-state index < -0.39 is 0 Å². The van der Waals surface area contributed by atoms with Gasteiger partial charge in [-0.15, -0.1) is 11.3 Å². The standard InChI is InChI=1S/C21H17N5OS/c1-12-7-13(2)23-18(12)9-16-15-8-14(3-4-17(15)24-20(16)27)19-10-28-21(25-19)26-6-5-22-11-26/h3-11,23H,1-2H3,(H,24,27)/b16-9-. The first-order valence-corrected chi connectivity index (χ1v) is 9.74. The maximum Gasteiger partial charge on any atom is 0.256 e. The molecule has 1 aromatic carbocycles. The lowest BCUT2D eigenvalue weighted by atomic mass is 10.0. The molecule has 1 amide bonds. The van der Waals surface area contributed by atoms with Crippen molar-refractivity contribution in [1.29, 1.82) is 0 Å². The van der Waals surface area contributed by atoms with Crippen LogP contribution >= 0.6 is 11.3 Å². The van der Waals surface area contributed by atoms with Gasteiger partial charge in [0.05, 0.1) is 11.3 Å². The first kappa shape index (κ1) is 16.7. The van der Waals surface area contributed by atoms with Crippen LogP contribution in [-0.4, -0.2) is 25.4 Å². The van der Waals surface area contributed by atoms with Crippen LogP contribution in [0.15, 0.2) is 48.4 Å². The molecule has 0 atom stereocenters. The lowest BCUT2D eigenvalue weighted by molar-refractivity contribution is -0.110. The lowest BCUT2D eigenvalue weighted by Gasteiger charge is -2.03. The van der Waals surface area contributed by atoms with Gasteiger partial charge in [-0.1, -0.05) is 6.07 Å². The van der Waals surface area contributed by atoms with E-state index in [1.54, 1.807) is 23.9 Å². The molecule has 138 valence electrons. The molecule has 4 aromatic rings. The molecular weight excluding hydrogens is 370 g/mol. The van der Waals surface area contributed by atoms with Gasteiger partial charge in [0, 0.05) is 46.0 Å². The first-order chi connectivity index (χ1) is 13.6. The summed E-state index contributed by atoms with van der Waals surface area (Å²) in [4.78, 5) is 24.6. The Bertz CT molecular complexity index is 1230. The van der Waals surface area contributed by atoms with Crippen LogP contribution in [0, 0.1) is 13.8 Å². The number of nitrogens with one attached hydrogen (secondary N) is 2. The summed E-state index contributed by atoms with van der Waals surface area (Å²) in [5, 5.41) is 5.82. The van der Waals surface area contributed by atoms with Crippen LogP contribution in [0.4, 0.5) is 5.69 Å². The molecule has 0 spiro atoms. The van der Waals surface area contributed by atoms with Crippen molar-refractivity contribution in [1.82, 2.24) is 19.5 Å². The number of aromatic nitrogens is 4. The number of H-pyrrole nitrogens is 1. The largest absolute Gasteiger partial charge is 0.359 e. The zero-order valence-corrected chi connectivity index (χ0v) is 16.2. The summed E-state index contributed by atoms with van der Waals surface area (Å²) in [5.41, 5.74) is 7.38. The molecular formula is C21H17N5OS. The molecule has 5 rings (SSSR count). The van der Waals surface area contributed by atoms with Gasteiger partial charge in [0.2, 0.25) is 0 Å². The van der Waals surface area contributed by atoms with E-state index in [-0.39, 0.29) is 5.91 Å². The molecule has 2 N–H and O–H groups in total. The van der Waals surface area contributed by atoms with Crippen LogP contribution in [0.1, 0.15) is 22.5 Å². The third-order valence-electron chi connectivity index (χ3n) is 4.79. The van der Waals surface area contributed by atoms with Crippen molar-refractivity contribution in [2.45, 2.75) is 13.8 Å². The zero-order chi connectivity index (χ0) is 19.3. The van der Waals surface area contributed by atoms with Crippen molar-refractivity contribution in [2.24, 2.45) is 0 Å². The third kappa shape index (κ3) is 2.76. The molecule has 28 heavy (non-hydrogen) atoms. The van der Waals surface area contributed by atoms with E-state index >= 15 is 0 Å². The number of nitrogens with zero attached hydrogens (tertiary/aromatic N) is 3. The van der Waals surface area contributed by atoms with Crippen molar-refractivity contribution >= 4 is 34.6 Å². The molecule has 1 aliphatic heterocycles. The van der Waals surface area contributed by atoms with Crippen LogP contribution in [0.2, 0.25) is 0 Å². The van der Waals surface area contributed by atoms with Gasteiger partial charge in [0.15, 0.2) is 5.13 Å². The minimum atomic E-state index is -0.0869. The van der Waals surface area contributed by atoms with Gasteiger partial charge < -0.3 is 10.3 Å². The summed E-state index contributed by atoms with van der Waals surface area (Å²) in [6.07, 6.45) is 7.26. The quantitative estimate of drug-likeness (QED) is 0.511. The maximum atomic E-state index is 12.5. The number of fused-ring (bicyclic) bond motifs is 1. The average Bonchev–Trinajstić information content (AvgIpc) is 3.44. The highest BCUT2D eigenvalue weighted by molar-refractivity contribution is 7.12. The van der Waals surface area contributed by atoms with Gasteiger partial charge in [-0.2, -0.15) is 0 Å². The van der Waals surface area contributed by atoms with Crippen molar-refractivity contribution in [2.75, 3.05) is 5.32 Å². The van der Waals surface area contributed by atoms with E-state index in [1.807, 2.05) is 54.3 Å². The number of hydrogen-bond acceptors (Lipinski definition) is 4. The summed E-state index contributed by atoms with van der Waals surface area (Å²) in [5.74, 6) is -0.0869. The molecule has 4 heterocycles. The Labute approximate surface area is 165 Å². The van der Waals surface area contributed by atoms with Crippen molar-refractivity contribution in [3.63, 3.8) is 0 Å². The second-order valence-electron chi connectivity index (χ2n) is 6.81. The monoisotopic (exact) mass is 387 g/mol. The minimum absolute atomic E-state index is 0.0869. The summed E-state index contributed by atoms with van der Waals surface area (Å²) < 4.78 is 1.88. The van der Waals surface area contributed by atoms with Gasteiger partial charge in [-0.3, -0.25) is 9.36 Å². The Kier molecular flexibility index (Phi) is 3.77. The molecule has 0 saturated heterocycles. The summed E-state index contributed by atoms with van der Waals surface area (Å²) in [7, 11) is 0. The van der Waals surface area contributed by atoms with Gasteiger partial charge in [-0.25, -0.2) is 9.97 Å². The van der Waals surface area contributed by atoms with Crippen molar-refractivity contribution in [3.05, 3.63) is 70.9 Å². The molecule has 3 aromatic heterocycles. The van der Waals surface area contributed by atoms with Gasteiger partial charge in [-0.05, 0) is 43.7 Å². The third-order valence-corrected chi connectivity index (χ3v) is 5.65. The van der Waals surface area contributed by atoms with Crippen LogP contribution < -0.4 is 5.32 Å². The molecule has 0 unspecified atom stereocenters. The summed E-state index contributed by atoms with van der Waals surface area (Å²) >= 11 is 1.55. The van der Waals surface area contributed by atoms with Crippen LogP contribution in [0.25, 0.3) is 28.0 Å². The number of benzene rings is 1. The lowest BCUT2D eigenvalue weighted by Crippen LogP contribution is -2.03. The Morgan fingerprint density at radius 2 is 2.11 bits per heavy atom. The Balaban J connectivity index is 1.56. The number of aromatic amines is 1.